The van der Waals surface area contributed by atoms with Crippen LogP contribution in [0.2, 0.25) is 0 Å². The first kappa shape index (κ1) is 13.5. The highest BCUT2D eigenvalue weighted by Crippen LogP contribution is 2.30. The van der Waals surface area contributed by atoms with Gasteiger partial charge in [0.2, 0.25) is 5.78 Å². The Hall–Kier alpha value is -2.21. The zero-order valence-corrected chi connectivity index (χ0v) is 12.9. The highest BCUT2D eigenvalue weighted by molar-refractivity contribution is 7.10. The van der Waals surface area contributed by atoms with Crippen LogP contribution in [0.3, 0.4) is 0 Å². The Morgan fingerprint density at radius 2 is 2.27 bits per heavy atom. The number of nitrogens with one attached hydrogen (secondary N) is 1. The van der Waals surface area contributed by atoms with Gasteiger partial charge in [-0.2, -0.15) is 0 Å². The third-order valence-electron chi connectivity index (χ3n) is 4.06. The fourth-order valence-corrected chi connectivity index (χ4v) is 4.06. The quantitative estimate of drug-likeness (QED) is 0.808. The SMILES string of the molecule is O=C(NCc1csc2c1CCCC2)c1cn2cccnc2n1. The van der Waals surface area contributed by atoms with E-state index in [0.717, 1.165) is 6.42 Å². The van der Waals surface area contributed by atoms with E-state index in [0.29, 0.717) is 18.0 Å². The van der Waals surface area contributed by atoms with Crippen molar-refractivity contribution in [3.63, 3.8) is 0 Å². The van der Waals surface area contributed by atoms with Gasteiger partial charge in [-0.1, -0.05) is 0 Å². The fraction of sp³-hybridized carbons (Fsp3) is 0.312. The molecule has 0 saturated heterocycles. The van der Waals surface area contributed by atoms with Gasteiger partial charge in [-0.15, -0.1) is 11.3 Å². The molecule has 6 heteroatoms. The number of carbonyl (C=O) groups is 1. The predicted octanol–water partition coefficient (Wildman–Crippen LogP) is 2.60. The minimum Gasteiger partial charge on any atom is -0.347 e. The molecule has 0 unspecified atom stereocenters. The highest BCUT2D eigenvalue weighted by atomic mass is 32.1. The lowest BCUT2D eigenvalue weighted by Crippen LogP contribution is -2.23. The summed E-state index contributed by atoms with van der Waals surface area (Å²) in [5, 5.41) is 5.16. The molecule has 0 saturated carbocycles. The Labute approximate surface area is 132 Å². The van der Waals surface area contributed by atoms with Crippen LogP contribution in [-0.4, -0.2) is 20.3 Å². The Morgan fingerprint density at radius 3 is 3.18 bits per heavy atom. The molecule has 0 radical (unpaired) electrons. The number of aryl methyl sites for hydroxylation is 1. The van der Waals surface area contributed by atoms with Crippen LogP contribution in [0, 0.1) is 0 Å². The molecule has 4 rings (SSSR count). The molecule has 0 spiro atoms. The van der Waals surface area contributed by atoms with Gasteiger partial charge in [0.1, 0.15) is 5.69 Å². The van der Waals surface area contributed by atoms with Gasteiger partial charge in [0.25, 0.3) is 5.91 Å². The van der Waals surface area contributed by atoms with Crippen LogP contribution in [0.4, 0.5) is 0 Å². The molecule has 22 heavy (non-hydrogen) atoms. The van der Waals surface area contributed by atoms with Crippen LogP contribution in [0.1, 0.15) is 39.3 Å². The summed E-state index contributed by atoms with van der Waals surface area (Å²) in [5.74, 6) is 0.391. The Morgan fingerprint density at radius 1 is 1.36 bits per heavy atom. The topological polar surface area (TPSA) is 59.3 Å². The van der Waals surface area contributed by atoms with E-state index < -0.39 is 0 Å². The molecule has 3 aromatic rings. The van der Waals surface area contributed by atoms with Crippen LogP contribution in [0.5, 0.6) is 0 Å². The van der Waals surface area contributed by atoms with E-state index in [-0.39, 0.29) is 5.91 Å². The number of aromatic nitrogens is 3. The second-order valence-corrected chi connectivity index (χ2v) is 6.47. The smallest absolute Gasteiger partial charge is 0.271 e. The maximum absolute atomic E-state index is 12.3. The lowest BCUT2D eigenvalue weighted by molar-refractivity contribution is 0.0946. The third-order valence-corrected chi connectivity index (χ3v) is 5.19. The van der Waals surface area contributed by atoms with Crippen molar-refractivity contribution < 1.29 is 4.79 Å². The number of hydrogen-bond donors (Lipinski definition) is 1. The molecular formula is C16H16N4OS. The molecule has 0 fully saturated rings. The summed E-state index contributed by atoms with van der Waals surface area (Å²) < 4.78 is 1.75. The van der Waals surface area contributed by atoms with Crippen LogP contribution >= 0.6 is 11.3 Å². The molecule has 1 aliphatic carbocycles. The minimum absolute atomic E-state index is 0.152. The van der Waals surface area contributed by atoms with E-state index >= 15 is 0 Å². The summed E-state index contributed by atoms with van der Waals surface area (Å²) in [7, 11) is 0. The summed E-state index contributed by atoms with van der Waals surface area (Å²) in [6.07, 6.45) is 10.1. The van der Waals surface area contributed by atoms with Gasteiger partial charge in [-0.25, -0.2) is 9.97 Å². The number of amides is 1. The predicted molar refractivity (Wildman–Crippen MR) is 85.1 cm³/mol. The number of imidazole rings is 1. The van der Waals surface area contributed by atoms with E-state index in [2.05, 4.69) is 20.7 Å². The fourth-order valence-electron chi connectivity index (χ4n) is 2.91. The van der Waals surface area contributed by atoms with Crippen LogP contribution in [0.15, 0.2) is 30.0 Å². The van der Waals surface area contributed by atoms with Crippen molar-refractivity contribution in [3.8, 4) is 0 Å². The maximum Gasteiger partial charge on any atom is 0.271 e. The highest BCUT2D eigenvalue weighted by Gasteiger charge is 2.17. The monoisotopic (exact) mass is 312 g/mol. The molecule has 0 aliphatic heterocycles. The van der Waals surface area contributed by atoms with Gasteiger partial charge < -0.3 is 5.32 Å². The summed E-state index contributed by atoms with van der Waals surface area (Å²) in [5.41, 5.74) is 3.12. The largest absolute Gasteiger partial charge is 0.347 e. The lowest BCUT2D eigenvalue weighted by Gasteiger charge is -2.12. The van der Waals surface area contributed by atoms with Crippen molar-refractivity contribution in [2.75, 3.05) is 0 Å². The number of fused-ring (bicyclic) bond motifs is 2. The summed E-state index contributed by atoms with van der Waals surface area (Å²) >= 11 is 1.82. The van der Waals surface area contributed by atoms with Gasteiger partial charge in [-0.3, -0.25) is 9.20 Å². The number of thiophene rings is 1. The van der Waals surface area contributed by atoms with Crippen molar-refractivity contribution >= 4 is 23.0 Å². The Kier molecular flexibility index (Phi) is 3.38. The van der Waals surface area contributed by atoms with E-state index in [1.807, 2.05) is 23.6 Å². The number of carbonyl (C=O) groups excluding carboxylic acids is 1. The summed E-state index contributed by atoms with van der Waals surface area (Å²) in [6.45, 7) is 0.575. The zero-order chi connectivity index (χ0) is 14.9. The van der Waals surface area contributed by atoms with Crippen LogP contribution < -0.4 is 5.32 Å². The molecule has 112 valence electrons. The van der Waals surface area contributed by atoms with Crippen LogP contribution in [0.25, 0.3) is 5.78 Å². The molecule has 1 N–H and O–H groups in total. The van der Waals surface area contributed by atoms with Gasteiger partial charge >= 0.3 is 0 Å². The second-order valence-electron chi connectivity index (χ2n) is 5.51. The van der Waals surface area contributed by atoms with E-state index in [1.54, 1.807) is 16.8 Å². The standard InChI is InChI=1S/C16H16N4OS/c21-15(13-9-20-7-3-6-17-16(20)19-13)18-8-11-10-22-14-5-2-1-4-12(11)14/h3,6-7,9-10H,1-2,4-5,8H2,(H,18,21). The average molecular weight is 312 g/mol. The first-order valence-corrected chi connectivity index (χ1v) is 8.35. The summed E-state index contributed by atoms with van der Waals surface area (Å²) in [6, 6.07) is 1.81. The second kappa shape index (κ2) is 5.53. The first-order chi connectivity index (χ1) is 10.8. The van der Waals surface area contributed by atoms with Gasteiger partial charge in [0.05, 0.1) is 0 Å². The molecule has 5 nitrogen and oxygen atoms in total. The minimum atomic E-state index is -0.152. The Bertz CT molecular complexity index is 803. The van der Waals surface area contributed by atoms with Crippen molar-refractivity contribution in [1.29, 1.82) is 0 Å². The van der Waals surface area contributed by atoms with Crippen LogP contribution in [-0.2, 0) is 19.4 Å². The van der Waals surface area contributed by atoms with Crippen molar-refractivity contribution in [2.45, 2.75) is 32.2 Å². The van der Waals surface area contributed by atoms with E-state index in [9.17, 15) is 4.79 Å². The average Bonchev–Trinajstić information content (AvgIpc) is 3.16. The zero-order valence-electron chi connectivity index (χ0n) is 12.1. The molecule has 1 aliphatic rings. The molecule has 0 aromatic carbocycles. The summed E-state index contributed by atoms with van der Waals surface area (Å²) in [4.78, 5) is 22.1. The molecule has 3 aromatic heterocycles. The molecule has 0 bridgehead atoms. The van der Waals surface area contributed by atoms with E-state index in [4.69, 9.17) is 0 Å². The van der Waals surface area contributed by atoms with Crippen molar-refractivity contribution in [3.05, 3.63) is 51.7 Å². The van der Waals surface area contributed by atoms with Crippen molar-refractivity contribution in [1.82, 2.24) is 19.7 Å². The van der Waals surface area contributed by atoms with Gasteiger partial charge in [0.15, 0.2) is 0 Å². The number of nitrogens with zero attached hydrogens (tertiary/aromatic N) is 3. The van der Waals surface area contributed by atoms with Gasteiger partial charge in [0, 0.05) is 30.0 Å². The van der Waals surface area contributed by atoms with E-state index in [1.165, 1.54) is 35.3 Å². The number of hydrogen-bond acceptors (Lipinski definition) is 4. The number of rotatable bonds is 3. The first-order valence-electron chi connectivity index (χ1n) is 7.47. The third kappa shape index (κ3) is 2.39. The Balaban J connectivity index is 1.49. The van der Waals surface area contributed by atoms with Gasteiger partial charge in [-0.05, 0) is 48.3 Å². The maximum atomic E-state index is 12.3. The molecule has 1 amide bonds. The van der Waals surface area contributed by atoms with Crippen molar-refractivity contribution in [2.24, 2.45) is 0 Å². The molecule has 3 heterocycles. The molecular weight excluding hydrogens is 296 g/mol. The molecule has 0 atom stereocenters. The normalized spacial score (nSPS) is 14.0. The lowest BCUT2D eigenvalue weighted by atomic mass is 9.96.